The zero-order chi connectivity index (χ0) is 16.3. The number of thioether (sulfide) groups is 1. The maximum Gasteiger partial charge on any atom is 0.150 e. The predicted octanol–water partition coefficient (Wildman–Crippen LogP) is 1.39. The van der Waals surface area contributed by atoms with Crippen molar-refractivity contribution in [3.05, 3.63) is 0 Å². The highest BCUT2D eigenvalue weighted by atomic mass is 32.2. The second-order valence-electron chi connectivity index (χ2n) is 7.25. The Morgan fingerprint density at radius 1 is 1.13 bits per heavy atom. The van der Waals surface area contributed by atoms with E-state index in [1.165, 1.54) is 19.1 Å². The summed E-state index contributed by atoms with van der Waals surface area (Å²) in [5, 5.41) is 7.69. The van der Waals surface area contributed by atoms with Crippen LogP contribution in [0.3, 0.4) is 0 Å². The molecule has 0 aromatic heterocycles. The molecule has 2 saturated heterocycles. The molecule has 2 unspecified atom stereocenters. The Hall–Kier alpha value is 0.180. The first kappa shape index (κ1) is 18.0. The van der Waals surface area contributed by atoms with Gasteiger partial charge in [0, 0.05) is 37.7 Å². The topological polar surface area (TPSA) is 67.4 Å². The molecule has 0 amide bonds. The second-order valence-corrected chi connectivity index (χ2v) is 10.8. The number of hydrogen-bond acceptors (Lipinski definition) is 6. The SMILES string of the molecule is CS(=O)(=O)C1CCC(C2CNCC(SC[C@H]3CCCO3)N2)CC1. The van der Waals surface area contributed by atoms with E-state index in [0.29, 0.717) is 23.4 Å². The van der Waals surface area contributed by atoms with Crippen LogP contribution < -0.4 is 10.6 Å². The number of rotatable bonds is 5. The molecule has 1 aliphatic carbocycles. The molecule has 0 spiro atoms. The fraction of sp³-hybridized carbons (Fsp3) is 1.00. The van der Waals surface area contributed by atoms with Gasteiger partial charge in [-0.1, -0.05) is 0 Å². The molecule has 0 bridgehead atoms. The summed E-state index contributed by atoms with van der Waals surface area (Å²) in [6.07, 6.45) is 7.94. The van der Waals surface area contributed by atoms with Gasteiger partial charge in [-0.3, -0.25) is 5.32 Å². The van der Waals surface area contributed by atoms with Gasteiger partial charge in [0.1, 0.15) is 9.84 Å². The molecule has 3 fully saturated rings. The van der Waals surface area contributed by atoms with Crippen molar-refractivity contribution in [1.29, 1.82) is 0 Å². The van der Waals surface area contributed by atoms with E-state index in [-0.39, 0.29) is 5.25 Å². The van der Waals surface area contributed by atoms with Gasteiger partial charge in [0.25, 0.3) is 0 Å². The highest BCUT2D eigenvalue weighted by Crippen LogP contribution is 2.31. The maximum absolute atomic E-state index is 11.7. The zero-order valence-electron chi connectivity index (χ0n) is 14.0. The lowest BCUT2D eigenvalue weighted by atomic mass is 9.83. The van der Waals surface area contributed by atoms with Gasteiger partial charge in [0.15, 0.2) is 0 Å². The van der Waals surface area contributed by atoms with Crippen LogP contribution in [0.4, 0.5) is 0 Å². The Balaban J connectivity index is 1.43. The minimum atomic E-state index is -2.86. The van der Waals surface area contributed by atoms with Crippen molar-refractivity contribution >= 4 is 21.6 Å². The van der Waals surface area contributed by atoms with E-state index >= 15 is 0 Å². The molecule has 5 nitrogen and oxygen atoms in total. The first-order valence-electron chi connectivity index (χ1n) is 8.91. The van der Waals surface area contributed by atoms with E-state index in [1.807, 2.05) is 11.8 Å². The normalized spacial score (nSPS) is 39.4. The number of ether oxygens (including phenoxy) is 1. The summed E-state index contributed by atoms with van der Waals surface area (Å²) in [7, 11) is -2.86. The van der Waals surface area contributed by atoms with Gasteiger partial charge in [0.05, 0.1) is 16.7 Å². The third-order valence-corrected chi connectivity index (χ3v) is 8.45. The van der Waals surface area contributed by atoms with Gasteiger partial charge in [0.2, 0.25) is 0 Å². The molecule has 0 aromatic carbocycles. The minimum Gasteiger partial charge on any atom is -0.377 e. The van der Waals surface area contributed by atoms with Gasteiger partial charge >= 0.3 is 0 Å². The number of hydrogen-bond donors (Lipinski definition) is 2. The van der Waals surface area contributed by atoms with E-state index in [2.05, 4.69) is 10.6 Å². The van der Waals surface area contributed by atoms with Gasteiger partial charge in [-0.05, 0) is 44.4 Å². The maximum atomic E-state index is 11.7. The fourth-order valence-electron chi connectivity index (χ4n) is 4.05. The van der Waals surface area contributed by atoms with Crippen LogP contribution in [-0.4, -0.2) is 62.9 Å². The largest absolute Gasteiger partial charge is 0.377 e. The van der Waals surface area contributed by atoms with Crippen molar-refractivity contribution in [1.82, 2.24) is 10.6 Å². The van der Waals surface area contributed by atoms with Gasteiger partial charge < -0.3 is 10.1 Å². The number of sulfone groups is 1. The summed E-state index contributed by atoms with van der Waals surface area (Å²) in [4.78, 5) is 0. The van der Waals surface area contributed by atoms with E-state index < -0.39 is 9.84 Å². The van der Waals surface area contributed by atoms with Crippen molar-refractivity contribution in [2.24, 2.45) is 5.92 Å². The van der Waals surface area contributed by atoms with Gasteiger partial charge in [-0.15, -0.1) is 11.8 Å². The van der Waals surface area contributed by atoms with E-state index in [4.69, 9.17) is 4.74 Å². The predicted molar refractivity (Wildman–Crippen MR) is 95.6 cm³/mol. The average molecular weight is 363 g/mol. The standard InChI is InChI=1S/C16H30N2O3S2/c1-23(19,20)14-6-4-12(5-7-14)15-9-17-10-16(18-15)22-11-13-3-2-8-21-13/h12-18H,2-11H2,1H3/t12?,13-,14?,15?,16?/m1/s1. The van der Waals surface area contributed by atoms with E-state index in [9.17, 15) is 8.42 Å². The molecule has 0 aromatic rings. The summed E-state index contributed by atoms with van der Waals surface area (Å²) in [6, 6.07) is 0.478. The van der Waals surface area contributed by atoms with Crippen molar-refractivity contribution in [3.63, 3.8) is 0 Å². The van der Waals surface area contributed by atoms with Crippen LogP contribution in [0.2, 0.25) is 0 Å². The van der Waals surface area contributed by atoms with Crippen molar-refractivity contribution in [3.8, 4) is 0 Å². The minimum absolute atomic E-state index is 0.111. The average Bonchev–Trinajstić information content (AvgIpc) is 3.06. The molecule has 3 rings (SSSR count). The van der Waals surface area contributed by atoms with Crippen LogP contribution in [0, 0.1) is 5.92 Å². The first-order valence-corrected chi connectivity index (χ1v) is 11.9. The van der Waals surface area contributed by atoms with Crippen LogP contribution in [0.1, 0.15) is 38.5 Å². The third-order valence-electron chi connectivity index (χ3n) is 5.49. The molecule has 7 heteroatoms. The Morgan fingerprint density at radius 2 is 1.91 bits per heavy atom. The van der Waals surface area contributed by atoms with Crippen LogP contribution in [0.5, 0.6) is 0 Å². The lowest BCUT2D eigenvalue weighted by Gasteiger charge is -2.39. The van der Waals surface area contributed by atoms with Crippen LogP contribution in [0.25, 0.3) is 0 Å². The quantitative estimate of drug-likeness (QED) is 0.770. The number of nitrogens with one attached hydrogen (secondary N) is 2. The molecule has 2 aliphatic heterocycles. The fourth-order valence-corrected chi connectivity index (χ4v) is 6.40. The highest BCUT2D eigenvalue weighted by Gasteiger charge is 2.34. The Morgan fingerprint density at radius 3 is 2.57 bits per heavy atom. The van der Waals surface area contributed by atoms with Crippen LogP contribution in [0.15, 0.2) is 0 Å². The smallest absolute Gasteiger partial charge is 0.150 e. The molecule has 0 radical (unpaired) electrons. The van der Waals surface area contributed by atoms with Crippen molar-refractivity contribution in [2.75, 3.05) is 31.7 Å². The van der Waals surface area contributed by atoms with Crippen LogP contribution in [-0.2, 0) is 14.6 Å². The molecule has 2 heterocycles. The Labute approximate surface area is 144 Å². The molecule has 1 saturated carbocycles. The summed E-state index contributed by atoms with van der Waals surface area (Å²) in [5.41, 5.74) is 0. The molecular weight excluding hydrogens is 332 g/mol. The van der Waals surface area contributed by atoms with E-state index in [1.54, 1.807) is 0 Å². The van der Waals surface area contributed by atoms with Crippen molar-refractivity contribution < 1.29 is 13.2 Å². The first-order chi connectivity index (χ1) is 11.0. The Kier molecular flexibility index (Phi) is 6.29. The summed E-state index contributed by atoms with van der Waals surface area (Å²) >= 11 is 1.97. The second kappa shape index (κ2) is 8.04. The molecule has 2 N–H and O–H groups in total. The Bertz CT molecular complexity index is 472. The van der Waals surface area contributed by atoms with Crippen molar-refractivity contribution in [2.45, 2.75) is 61.3 Å². The van der Waals surface area contributed by atoms with Gasteiger partial charge in [-0.25, -0.2) is 8.42 Å². The summed E-state index contributed by atoms with van der Waals surface area (Å²) < 4.78 is 29.1. The molecule has 23 heavy (non-hydrogen) atoms. The lowest BCUT2D eigenvalue weighted by Crippen LogP contribution is -2.57. The lowest BCUT2D eigenvalue weighted by molar-refractivity contribution is 0.128. The molecular formula is C16H30N2O3S2. The third kappa shape index (κ3) is 5.08. The zero-order valence-corrected chi connectivity index (χ0v) is 15.6. The van der Waals surface area contributed by atoms with E-state index in [0.717, 1.165) is 51.1 Å². The molecule has 134 valence electrons. The molecule has 3 atom stereocenters. The summed E-state index contributed by atoms with van der Waals surface area (Å²) in [5.74, 6) is 1.68. The van der Waals surface area contributed by atoms with Crippen LogP contribution >= 0.6 is 11.8 Å². The highest BCUT2D eigenvalue weighted by molar-refractivity contribution is 7.99. The summed E-state index contributed by atoms with van der Waals surface area (Å²) in [6.45, 7) is 2.94. The van der Waals surface area contributed by atoms with Gasteiger partial charge in [-0.2, -0.15) is 0 Å². The molecule has 3 aliphatic rings. The number of piperazine rings is 1. The monoisotopic (exact) mass is 362 g/mol.